The Morgan fingerprint density at radius 1 is 1.25 bits per heavy atom. The highest BCUT2D eigenvalue weighted by Gasteiger charge is 2.15. The van der Waals surface area contributed by atoms with Crippen LogP contribution < -0.4 is 11.1 Å². The second-order valence-electron chi connectivity index (χ2n) is 4.41. The number of amides is 1. The lowest BCUT2D eigenvalue weighted by Gasteiger charge is -2.13. The van der Waals surface area contributed by atoms with Crippen molar-refractivity contribution in [3.8, 4) is 0 Å². The smallest absolute Gasteiger partial charge is 0.241 e. The molecule has 0 aliphatic rings. The molecule has 0 aliphatic heterocycles. The highest BCUT2D eigenvalue weighted by atomic mass is 79.9. The molecule has 0 aromatic heterocycles. The number of anilines is 1. The van der Waals surface area contributed by atoms with Gasteiger partial charge in [-0.05, 0) is 46.1 Å². The third kappa shape index (κ3) is 4.07. The Bertz CT molecular complexity index is 604. The van der Waals surface area contributed by atoms with E-state index in [0.29, 0.717) is 17.1 Å². The molecule has 2 aromatic rings. The molecule has 2 aromatic carbocycles. The number of nitrogens with two attached hydrogens (primary N) is 1. The summed E-state index contributed by atoms with van der Waals surface area (Å²) < 4.78 is 0.766. The Morgan fingerprint density at radius 3 is 2.65 bits per heavy atom. The number of nitrogens with one attached hydrogen (secondary N) is 1. The fourth-order valence-electron chi connectivity index (χ4n) is 1.78. The summed E-state index contributed by atoms with van der Waals surface area (Å²) in [7, 11) is 0. The van der Waals surface area contributed by atoms with E-state index in [1.54, 1.807) is 18.2 Å². The molecular weight excluding hydrogens is 340 g/mol. The predicted molar refractivity (Wildman–Crippen MR) is 85.9 cm³/mol. The summed E-state index contributed by atoms with van der Waals surface area (Å²) in [5.41, 5.74) is 7.57. The van der Waals surface area contributed by atoms with Gasteiger partial charge in [-0.15, -0.1) is 0 Å². The first-order valence-corrected chi connectivity index (χ1v) is 7.29. The minimum absolute atomic E-state index is 0.239. The quantitative estimate of drug-likeness (QED) is 0.882. The van der Waals surface area contributed by atoms with Crippen LogP contribution in [-0.4, -0.2) is 11.9 Å². The molecule has 20 heavy (non-hydrogen) atoms. The van der Waals surface area contributed by atoms with Gasteiger partial charge >= 0.3 is 0 Å². The fraction of sp³-hybridized carbons (Fsp3) is 0.133. The zero-order valence-corrected chi connectivity index (χ0v) is 13.0. The van der Waals surface area contributed by atoms with Gasteiger partial charge in [-0.3, -0.25) is 4.79 Å². The van der Waals surface area contributed by atoms with E-state index in [1.165, 1.54) is 0 Å². The molecule has 1 atom stereocenters. The monoisotopic (exact) mass is 352 g/mol. The van der Waals surface area contributed by atoms with Crippen molar-refractivity contribution in [1.82, 2.24) is 0 Å². The standard InChI is InChI=1S/C15H14BrClN2O/c16-12-7-6-11(17)9-14(12)19-15(20)13(18)8-10-4-2-1-3-5-10/h1-7,9,13H,8,18H2,(H,19,20). The average Bonchev–Trinajstić information content (AvgIpc) is 2.44. The lowest BCUT2D eigenvalue weighted by Crippen LogP contribution is -2.37. The Kier molecular flexibility index (Phi) is 5.17. The van der Waals surface area contributed by atoms with E-state index in [-0.39, 0.29) is 5.91 Å². The second-order valence-corrected chi connectivity index (χ2v) is 5.70. The van der Waals surface area contributed by atoms with E-state index in [0.717, 1.165) is 10.0 Å². The molecule has 0 saturated heterocycles. The molecule has 0 spiro atoms. The molecular formula is C15H14BrClN2O. The van der Waals surface area contributed by atoms with Crippen molar-refractivity contribution in [1.29, 1.82) is 0 Å². The van der Waals surface area contributed by atoms with Crippen LogP contribution in [0.1, 0.15) is 5.56 Å². The molecule has 0 bridgehead atoms. The zero-order valence-electron chi connectivity index (χ0n) is 10.6. The summed E-state index contributed by atoms with van der Waals surface area (Å²) in [5, 5.41) is 3.33. The normalized spacial score (nSPS) is 11.9. The molecule has 1 amide bonds. The summed E-state index contributed by atoms with van der Waals surface area (Å²) in [4.78, 5) is 12.1. The van der Waals surface area contributed by atoms with Crippen LogP contribution >= 0.6 is 27.5 Å². The van der Waals surface area contributed by atoms with Crippen LogP contribution in [0.3, 0.4) is 0 Å². The minimum atomic E-state index is -0.608. The van der Waals surface area contributed by atoms with Gasteiger partial charge in [-0.2, -0.15) is 0 Å². The van der Waals surface area contributed by atoms with E-state index < -0.39 is 6.04 Å². The van der Waals surface area contributed by atoms with Gasteiger partial charge in [0.05, 0.1) is 11.7 Å². The number of hydrogen-bond acceptors (Lipinski definition) is 2. The van der Waals surface area contributed by atoms with Crippen LogP contribution in [0.4, 0.5) is 5.69 Å². The Hall–Kier alpha value is -1.36. The largest absolute Gasteiger partial charge is 0.324 e. The van der Waals surface area contributed by atoms with Crippen molar-refractivity contribution in [3.05, 3.63) is 63.6 Å². The molecule has 5 heteroatoms. The lowest BCUT2D eigenvalue weighted by atomic mass is 10.1. The molecule has 0 radical (unpaired) electrons. The summed E-state index contributed by atoms with van der Waals surface area (Å²) in [5.74, 6) is -0.239. The van der Waals surface area contributed by atoms with Gasteiger partial charge in [-0.25, -0.2) is 0 Å². The van der Waals surface area contributed by atoms with Gasteiger partial charge in [0, 0.05) is 9.50 Å². The van der Waals surface area contributed by atoms with Crippen LogP contribution in [0.2, 0.25) is 5.02 Å². The van der Waals surface area contributed by atoms with Crippen molar-refractivity contribution < 1.29 is 4.79 Å². The highest BCUT2D eigenvalue weighted by molar-refractivity contribution is 9.10. The molecule has 3 nitrogen and oxygen atoms in total. The van der Waals surface area contributed by atoms with E-state index in [2.05, 4.69) is 21.2 Å². The van der Waals surface area contributed by atoms with Crippen molar-refractivity contribution in [2.75, 3.05) is 5.32 Å². The number of carbonyl (C=O) groups is 1. The predicted octanol–water partition coefficient (Wildman–Crippen LogP) is 3.61. The molecule has 0 saturated carbocycles. The van der Waals surface area contributed by atoms with Gasteiger partial charge in [0.25, 0.3) is 0 Å². The SMILES string of the molecule is NC(Cc1ccccc1)C(=O)Nc1cc(Cl)ccc1Br. The Morgan fingerprint density at radius 2 is 1.95 bits per heavy atom. The van der Waals surface area contributed by atoms with Crippen LogP contribution in [-0.2, 0) is 11.2 Å². The van der Waals surface area contributed by atoms with Gasteiger partial charge in [0.15, 0.2) is 0 Å². The van der Waals surface area contributed by atoms with Crippen molar-refractivity contribution in [2.24, 2.45) is 5.73 Å². The summed E-state index contributed by atoms with van der Waals surface area (Å²) in [6.45, 7) is 0. The van der Waals surface area contributed by atoms with Gasteiger partial charge in [0.1, 0.15) is 0 Å². The molecule has 3 N–H and O–H groups in total. The molecule has 104 valence electrons. The van der Waals surface area contributed by atoms with Gasteiger partial charge in [0.2, 0.25) is 5.91 Å². The van der Waals surface area contributed by atoms with Crippen molar-refractivity contribution in [3.63, 3.8) is 0 Å². The van der Waals surface area contributed by atoms with Gasteiger partial charge in [-0.1, -0.05) is 41.9 Å². The van der Waals surface area contributed by atoms with Crippen LogP contribution in [0.15, 0.2) is 53.0 Å². The van der Waals surface area contributed by atoms with E-state index in [9.17, 15) is 4.79 Å². The van der Waals surface area contributed by atoms with E-state index in [4.69, 9.17) is 17.3 Å². The maximum atomic E-state index is 12.1. The number of benzene rings is 2. The van der Waals surface area contributed by atoms with Crippen LogP contribution in [0.25, 0.3) is 0 Å². The molecule has 1 unspecified atom stereocenters. The molecule has 0 aliphatic carbocycles. The zero-order chi connectivity index (χ0) is 14.5. The number of carbonyl (C=O) groups excluding carboxylic acids is 1. The minimum Gasteiger partial charge on any atom is -0.324 e. The fourth-order valence-corrected chi connectivity index (χ4v) is 2.30. The summed E-state index contributed by atoms with van der Waals surface area (Å²) in [6, 6.07) is 14.3. The molecule has 2 rings (SSSR count). The van der Waals surface area contributed by atoms with Crippen LogP contribution in [0.5, 0.6) is 0 Å². The topological polar surface area (TPSA) is 55.1 Å². The maximum Gasteiger partial charge on any atom is 0.241 e. The number of halogens is 2. The summed E-state index contributed by atoms with van der Waals surface area (Å²) >= 11 is 9.27. The van der Waals surface area contributed by atoms with Crippen molar-refractivity contribution >= 4 is 39.1 Å². The van der Waals surface area contributed by atoms with Crippen LogP contribution in [0, 0.1) is 0 Å². The van der Waals surface area contributed by atoms with Gasteiger partial charge < -0.3 is 11.1 Å². The first-order valence-electron chi connectivity index (χ1n) is 6.11. The third-order valence-electron chi connectivity index (χ3n) is 2.82. The highest BCUT2D eigenvalue weighted by Crippen LogP contribution is 2.26. The average molecular weight is 354 g/mol. The lowest BCUT2D eigenvalue weighted by molar-refractivity contribution is -0.117. The van der Waals surface area contributed by atoms with E-state index >= 15 is 0 Å². The first kappa shape index (κ1) is 15.0. The second kappa shape index (κ2) is 6.88. The third-order valence-corrected chi connectivity index (χ3v) is 3.75. The Balaban J connectivity index is 2.02. The number of rotatable bonds is 4. The van der Waals surface area contributed by atoms with E-state index in [1.807, 2.05) is 30.3 Å². The maximum absolute atomic E-state index is 12.1. The molecule has 0 fully saturated rings. The summed E-state index contributed by atoms with van der Waals surface area (Å²) in [6.07, 6.45) is 0.491. The van der Waals surface area contributed by atoms with Crippen molar-refractivity contribution in [2.45, 2.75) is 12.5 Å². The Labute approximate surface area is 131 Å². The number of hydrogen-bond donors (Lipinski definition) is 2. The first-order chi connectivity index (χ1) is 9.56. The molecule has 0 heterocycles.